The molecular formula is C48H29Br4N5. The molecule has 4 aromatic heterocycles. The van der Waals surface area contributed by atoms with Crippen LogP contribution in [0.25, 0.3) is 102 Å². The number of halogens is 4. The summed E-state index contributed by atoms with van der Waals surface area (Å²) in [4.78, 5) is 22.1. The number of hydrogen-bond donors (Lipinski definition) is 3. The van der Waals surface area contributed by atoms with Crippen molar-refractivity contribution in [3.63, 3.8) is 0 Å². The second kappa shape index (κ2) is 14.9. The van der Waals surface area contributed by atoms with Crippen molar-refractivity contribution < 1.29 is 0 Å². The first kappa shape index (κ1) is 36.0. The van der Waals surface area contributed by atoms with E-state index in [1.165, 1.54) is 0 Å². The van der Waals surface area contributed by atoms with Gasteiger partial charge < -0.3 is 15.0 Å². The Morgan fingerprint density at radius 1 is 0.263 bits per heavy atom. The molecule has 0 fully saturated rings. The molecule has 0 unspecified atom stereocenters. The van der Waals surface area contributed by atoms with Gasteiger partial charge in [0.25, 0.3) is 0 Å². The molecule has 2 aliphatic heterocycles. The third-order valence-corrected chi connectivity index (χ3v) is 12.4. The second-order valence-electron chi connectivity index (χ2n) is 13.8. The average Bonchev–Trinajstić information content (AvgIpc) is 4.08. The quantitative estimate of drug-likeness (QED) is 0.164. The van der Waals surface area contributed by atoms with Crippen molar-refractivity contribution in [3.8, 4) is 44.5 Å². The fourth-order valence-corrected chi connectivity index (χ4v) is 8.65. The van der Waals surface area contributed by atoms with Crippen molar-refractivity contribution in [1.29, 1.82) is 0 Å². The van der Waals surface area contributed by atoms with Crippen LogP contribution in [0.4, 0.5) is 0 Å². The lowest BCUT2D eigenvalue weighted by atomic mass is 10.0. The van der Waals surface area contributed by atoms with E-state index in [-0.39, 0.29) is 0 Å². The van der Waals surface area contributed by atoms with E-state index < -0.39 is 0 Å². The summed E-state index contributed by atoms with van der Waals surface area (Å²) in [6, 6.07) is 46.5. The van der Waals surface area contributed by atoms with Gasteiger partial charge in [-0.2, -0.15) is 0 Å². The first-order valence-electron chi connectivity index (χ1n) is 18.2. The van der Waals surface area contributed by atoms with E-state index in [1.807, 2.05) is 0 Å². The van der Waals surface area contributed by atoms with Crippen LogP contribution in [0.1, 0.15) is 22.8 Å². The molecule has 57 heavy (non-hydrogen) atoms. The van der Waals surface area contributed by atoms with Crippen molar-refractivity contribution >= 4 is 121 Å². The normalized spacial score (nSPS) is 12.1. The summed E-state index contributed by atoms with van der Waals surface area (Å²) >= 11 is 14.6. The summed E-state index contributed by atoms with van der Waals surface area (Å²) in [6.45, 7) is 0. The molecule has 0 saturated carbocycles. The van der Waals surface area contributed by atoms with E-state index in [9.17, 15) is 0 Å². The monoisotopic (exact) mass is 991 g/mol. The van der Waals surface area contributed by atoms with Crippen LogP contribution < -0.4 is 0 Å². The van der Waals surface area contributed by atoms with Gasteiger partial charge in [0, 0.05) is 62.2 Å². The lowest BCUT2D eigenvalue weighted by molar-refractivity contribution is 1.31. The Bertz CT molecular complexity index is 2920. The van der Waals surface area contributed by atoms with Gasteiger partial charge in [0.15, 0.2) is 0 Å². The van der Waals surface area contributed by atoms with Gasteiger partial charge in [-0.25, -0.2) is 9.97 Å². The van der Waals surface area contributed by atoms with Gasteiger partial charge in [-0.05, 0) is 131 Å². The topological polar surface area (TPSA) is 73.2 Å². The van der Waals surface area contributed by atoms with Gasteiger partial charge in [-0.15, -0.1) is 0 Å². The van der Waals surface area contributed by atoms with Crippen LogP contribution in [-0.4, -0.2) is 24.9 Å². The minimum Gasteiger partial charge on any atom is -0.354 e. The van der Waals surface area contributed by atoms with E-state index in [2.05, 4.69) is 236 Å². The molecule has 0 atom stereocenters. The highest BCUT2D eigenvalue weighted by Crippen LogP contribution is 2.38. The lowest BCUT2D eigenvalue weighted by Gasteiger charge is -2.06. The molecule has 0 spiro atoms. The Kier molecular flexibility index (Phi) is 9.41. The highest BCUT2D eigenvalue weighted by molar-refractivity contribution is 9.11. The number of aromatic nitrogens is 5. The number of nitrogens with one attached hydrogen (secondary N) is 3. The van der Waals surface area contributed by atoms with Crippen molar-refractivity contribution in [3.05, 3.63) is 174 Å². The zero-order chi connectivity index (χ0) is 38.6. The molecule has 8 aromatic rings. The van der Waals surface area contributed by atoms with E-state index in [1.54, 1.807) is 0 Å². The van der Waals surface area contributed by atoms with Crippen LogP contribution in [0, 0.1) is 0 Å². The zero-order valence-corrected chi connectivity index (χ0v) is 36.3. The molecule has 0 radical (unpaired) electrons. The first-order valence-corrected chi connectivity index (χ1v) is 21.4. The molecule has 2 aliphatic rings. The molecule has 10 bridgehead atoms. The summed E-state index contributed by atoms with van der Waals surface area (Å²) in [7, 11) is 0. The fourth-order valence-electron chi connectivity index (χ4n) is 7.60. The third kappa shape index (κ3) is 6.93. The van der Waals surface area contributed by atoms with Crippen molar-refractivity contribution in [2.45, 2.75) is 0 Å². The zero-order valence-electron chi connectivity index (χ0n) is 29.9. The van der Waals surface area contributed by atoms with Gasteiger partial charge in [0.2, 0.25) is 0 Å². The number of benzene rings is 4. The lowest BCUT2D eigenvalue weighted by Crippen LogP contribution is -1.89. The number of fused-ring (bicyclic) bond motifs is 11. The standard InChI is InChI=1S/C48H29Br4N5/c49-31-9-1-27(2-10-31)45-37-19-17-35(53-37)36-18-20-38(54-36)46(28-3-11-32(50)12-4-28)40-22-24-42(56-40)48(30-7-15-34(52)16-8-30)44-26-25-43(57-44)47(41-23-21-39(45)55-41)29-5-13-33(51)14-6-29/h1-26,53-54,57H. The molecule has 5 nitrogen and oxygen atoms in total. The SMILES string of the molecule is Brc1ccc(-c2c3nc(c(-c4ccc(Br)cc4)c4ccc([nH]4)c4ccc([nH]4)c(-c4ccc(Br)cc4)c4nc(c(-c5ccc(Br)cc5)c5ccc2[nH]5)C=C4)C=C3)cc1. The van der Waals surface area contributed by atoms with Gasteiger partial charge in [-0.1, -0.05) is 112 Å². The van der Waals surface area contributed by atoms with Crippen LogP contribution in [-0.2, 0) is 0 Å². The molecule has 9 heteroatoms. The third-order valence-electron chi connectivity index (χ3n) is 10.3. The number of aromatic amines is 3. The minimum atomic E-state index is 0.863. The maximum absolute atomic E-state index is 5.40. The second-order valence-corrected chi connectivity index (χ2v) is 17.5. The van der Waals surface area contributed by atoms with Crippen LogP contribution in [0.15, 0.2) is 151 Å². The minimum absolute atomic E-state index is 0.863. The summed E-state index contributed by atoms with van der Waals surface area (Å²) in [5.41, 5.74) is 17.4. The maximum atomic E-state index is 5.40. The summed E-state index contributed by atoms with van der Waals surface area (Å²) in [5, 5.41) is 0. The van der Waals surface area contributed by atoms with Crippen LogP contribution in [0.2, 0.25) is 0 Å². The Labute approximate surface area is 361 Å². The van der Waals surface area contributed by atoms with E-state index in [0.29, 0.717) is 0 Å². The fraction of sp³-hybridized carbons (Fsp3) is 0. The highest BCUT2D eigenvalue weighted by Gasteiger charge is 2.18. The Morgan fingerprint density at radius 2 is 0.474 bits per heavy atom. The molecule has 4 aromatic carbocycles. The predicted molar refractivity (Wildman–Crippen MR) is 252 cm³/mol. The van der Waals surface area contributed by atoms with E-state index >= 15 is 0 Å². The molecule has 0 amide bonds. The molecule has 0 saturated heterocycles. The first-order chi connectivity index (χ1) is 27.8. The smallest absolute Gasteiger partial charge is 0.0737 e. The molecule has 274 valence electrons. The van der Waals surface area contributed by atoms with Gasteiger partial charge in [0.05, 0.1) is 33.8 Å². The summed E-state index contributed by atoms with van der Waals surface area (Å²) < 4.78 is 4.05. The Hall–Kier alpha value is -5.32. The van der Waals surface area contributed by atoms with Gasteiger partial charge in [0.1, 0.15) is 0 Å². The highest BCUT2D eigenvalue weighted by atomic mass is 79.9. The van der Waals surface area contributed by atoms with Crippen molar-refractivity contribution in [1.82, 2.24) is 24.9 Å². The van der Waals surface area contributed by atoms with Crippen LogP contribution in [0.5, 0.6) is 0 Å². The predicted octanol–water partition coefficient (Wildman–Crippen LogP) is 15.4. The maximum Gasteiger partial charge on any atom is 0.0737 e. The van der Waals surface area contributed by atoms with E-state index in [4.69, 9.17) is 9.97 Å². The van der Waals surface area contributed by atoms with Gasteiger partial charge in [-0.3, -0.25) is 0 Å². The molecule has 0 aliphatic carbocycles. The Balaban J connectivity index is 1.38. The number of H-pyrrole nitrogens is 3. The van der Waals surface area contributed by atoms with Crippen LogP contribution in [0.3, 0.4) is 0 Å². The average molecular weight is 995 g/mol. The van der Waals surface area contributed by atoms with Gasteiger partial charge >= 0.3 is 0 Å². The van der Waals surface area contributed by atoms with Crippen LogP contribution >= 0.6 is 63.7 Å². The van der Waals surface area contributed by atoms with E-state index in [0.717, 1.165) is 118 Å². The summed E-state index contributed by atoms with van der Waals surface area (Å²) in [5.74, 6) is 0. The number of hydrogen-bond acceptors (Lipinski definition) is 2. The van der Waals surface area contributed by atoms with Crippen molar-refractivity contribution in [2.75, 3.05) is 0 Å². The largest absolute Gasteiger partial charge is 0.354 e. The number of rotatable bonds is 4. The van der Waals surface area contributed by atoms with Crippen molar-refractivity contribution in [2.24, 2.45) is 0 Å². The molecule has 6 heterocycles. The molecule has 3 N–H and O–H groups in total. The number of nitrogens with zero attached hydrogens (tertiary/aromatic N) is 2. The Morgan fingerprint density at radius 3 is 0.719 bits per heavy atom. The molecule has 10 rings (SSSR count). The molecular weight excluding hydrogens is 966 g/mol. The summed E-state index contributed by atoms with van der Waals surface area (Å²) in [6.07, 6.45) is 8.48.